The Labute approximate surface area is 103 Å². The van der Waals surface area contributed by atoms with Gasteiger partial charge in [-0.25, -0.2) is 4.79 Å². The van der Waals surface area contributed by atoms with Gasteiger partial charge >= 0.3 is 12.0 Å². The van der Waals surface area contributed by atoms with Gasteiger partial charge in [0.1, 0.15) is 0 Å². The van der Waals surface area contributed by atoms with Crippen LogP contribution in [0.4, 0.5) is 4.79 Å². The Kier molecular flexibility index (Phi) is 7.34. The maximum Gasteiger partial charge on any atom is 0.317 e. The summed E-state index contributed by atoms with van der Waals surface area (Å²) in [4.78, 5) is 24.1. The molecule has 0 aliphatic rings. The van der Waals surface area contributed by atoms with Crippen LogP contribution in [0.25, 0.3) is 0 Å². The van der Waals surface area contributed by atoms with Crippen molar-refractivity contribution in [1.82, 2.24) is 10.2 Å². The number of amides is 2. The fraction of sp³-hybridized carbons (Fsp3) is 0.833. The highest BCUT2D eigenvalue weighted by atomic mass is 16.4. The summed E-state index contributed by atoms with van der Waals surface area (Å²) in [6.45, 7) is 5.94. The predicted molar refractivity (Wildman–Crippen MR) is 67.0 cm³/mol. The Hall–Kier alpha value is -1.26. The Morgan fingerprint density at radius 3 is 2.35 bits per heavy atom. The van der Waals surface area contributed by atoms with E-state index >= 15 is 0 Å². The summed E-state index contributed by atoms with van der Waals surface area (Å²) in [6.07, 6.45) is 2.40. The highest BCUT2D eigenvalue weighted by molar-refractivity contribution is 5.75. The van der Waals surface area contributed by atoms with Gasteiger partial charge in [0.25, 0.3) is 0 Å². The van der Waals surface area contributed by atoms with Crippen LogP contribution in [0.1, 0.15) is 46.5 Å². The van der Waals surface area contributed by atoms with Crippen molar-refractivity contribution in [2.45, 2.75) is 58.5 Å². The molecule has 0 bridgehead atoms. The molecule has 5 heteroatoms. The third-order valence-electron chi connectivity index (χ3n) is 2.96. The SMILES string of the molecule is CCCC(CC(=O)O)NC(=O)N(C)C(C)CC. The molecule has 100 valence electrons. The maximum atomic E-state index is 11.8. The Bertz CT molecular complexity index is 256. The van der Waals surface area contributed by atoms with E-state index in [9.17, 15) is 9.59 Å². The number of carboxylic acids is 1. The predicted octanol–water partition coefficient (Wildman–Crippen LogP) is 2.07. The number of urea groups is 1. The van der Waals surface area contributed by atoms with Gasteiger partial charge in [-0.15, -0.1) is 0 Å². The minimum Gasteiger partial charge on any atom is -0.481 e. The second-order valence-electron chi connectivity index (χ2n) is 4.40. The fourth-order valence-electron chi connectivity index (χ4n) is 1.53. The van der Waals surface area contributed by atoms with Gasteiger partial charge in [-0.2, -0.15) is 0 Å². The van der Waals surface area contributed by atoms with E-state index < -0.39 is 5.97 Å². The van der Waals surface area contributed by atoms with Crippen molar-refractivity contribution in [3.05, 3.63) is 0 Å². The van der Waals surface area contributed by atoms with Crippen molar-refractivity contribution in [2.75, 3.05) is 7.05 Å². The molecule has 0 heterocycles. The quantitative estimate of drug-likeness (QED) is 0.720. The minimum absolute atomic E-state index is 0.0199. The number of nitrogens with one attached hydrogen (secondary N) is 1. The molecule has 0 spiro atoms. The van der Waals surface area contributed by atoms with Crippen molar-refractivity contribution >= 4 is 12.0 Å². The van der Waals surface area contributed by atoms with Gasteiger partial charge in [-0.05, 0) is 19.8 Å². The van der Waals surface area contributed by atoms with Gasteiger partial charge in [0, 0.05) is 19.1 Å². The van der Waals surface area contributed by atoms with Crippen LogP contribution in [-0.4, -0.2) is 41.1 Å². The summed E-state index contributed by atoms with van der Waals surface area (Å²) in [6, 6.07) is -0.322. The molecule has 2 N–H and O–H groups in total. The highest BCUT2D eigenvalue weighted by Crippen LogP contribution is 2.05. The third kappa shape index (κ3) is 6.14. The summed E-state index contributed by atoms with van der Waals surface area (Å²) in [5.41, 5.74) is 0. The average molecular weight is 244 g/mol. The molecule has 2 amide bonds. The lowest BCUT2D eigenvalue weighted by atomic mass is 10.1. The topological polar surface area (TPSA) is 69.6 Å². The van der Waals surface area contributed by atoms with E-state index in [1.807, 2.05) is 20.8 Å². The first-order valence-electron chi connectivity index (χ1n) is 6.17. The van der Waals surface area contributed by atoms with Gasteiger partial charge in [0.05, 0.1) is 6.42 Å². The second-order valence-corrected chi connectivity index (χ2v) is 4.40. The van der Waals surface area contributed by atoms with Crippen LogP contribution in [0.2, 0.25) is 0 Å². The molecule has 0 rings (SSSR count). The molecule has 17 heavy (non-hydrogen) atoms. The lowest BCUT2D eigenvalue weighted by molar-refractivity contribution is -0.137. The molecule has 2 unspecified atom stereocenters. The fourth-order valence-corrected chi connectivity index (χ4v) is 1.53. The van der Waals surface area contributed by atoms with Crippen molar-refractivity contribution < 1.29 is 14.7 Å². The smallest absolute Gasteiger partial charge is 0.317 e. The largest absolute Gasteiger partial charge is 0.481 e. The molecule has 0 aliphatic heterocycles. The Morgan fingerprint density at radius 2 is 1.94 bits per heavy atom. The Balaban J connectivity index is 4.33. The van der Waals surface area contributed by atoms with Gasteiger partial charge in [-0.3, -0.25) is 4.79 Å². The van der Waals surface area contributed by atoms with Crippen molar-refractivity contribution in [3.63, 3.8) is 0 Å². The maximum absolute atomic E-state index is 11.8. The molecular formula is C12H24N2O3. The first kappa shape index (κ1) is 15.7. The minimum atomic E-state index is -0.880. The highest BCUT2D eigenvalue weighted by Gasteiger charge is 2.19. The van der Waals surface area contributed by atoms with Crippen LogP contribution in [0, 0.1) is 0 Å². The van der Waals surface area contributed by atoms with Gasteiger partial charge in [0.2, 0.25) is 0 Å². The van der Waals surface area contributed by atoms with Crippen molar-refractivity contribution in [2.24, 2.45) is 0 Å². The van der Waals surface area contributed by atoms with E-state index in [1.165, 1.54) is 0 Å². The number of hydrogen-bond acceptors (Lipinski definition) is 2. The zero-order valence-electron chi connectivity index (χ0n) is 11.2. The lowest BCUT2D eigenvalue weighted by Crippen LogP contribution is -2.46. The Morgan fingerprint density at radius 1 is 1.35 bits per heavy atom. The summed E-state index contributed by atoms with van der Waals surface area (Å²) < 4.78 is 0. The summed E-state index contributed by atoms with van der Waals surface area (Å²) in [7, 11) is 1.73. The number of rotatable bonds is 7. The van der Waals surface area contributed by atoms with E-state index in [1.54, 1.807) is 11.9 Å². The van der Waals surface area contributed by atoms with Gasteiger partial charge in [0.15, 0.2) is 0 Å². The van der Waals surface area contributed by atoms with Crippen LogP contribution >= 0.6 is 0 Å². The molecule has 0 radical (unpaired) electrons. The molecule has 0 aromatic heterocycles. The summed E-state index contributed by atoms with van der Waals surface area (Å²) >= 11 is 0. The van der Waals surface area contributed by atoms with E-state index in [2.05, 4.69) is 5.32 Å². The number of hydrogen-bond donors (Lipinski definition) is 2. The molecule has 0 saturated carbocycles. The number of nitrogens with zero attached hydrogens (tertiary/aromatic N) is 1. The van der Waals surface area contributed by atoms with Crippen LogP contribution < -0.4 is 5.32 Å². The standard InChI is InChI=1S/C12H24N2O3/c1-5-7-10(8-11(15)16)13-12(17)14(4)9(3)6-2/h9-10H,5-8H2,1-4H3,(H,13,17)(H,15,16). The number of carbonyl (C=O) groups excluding carboxylic acids is 1. The third-order valence-corrected chi connectivity index (χ3v) is 2.96. The second kappa shape index (κ2) is 7.92. The van der Waals surface area contributed by atoms with Gasteiger partial charge in [-0.1, -0.05) is 20.3 Å². The van der Waals surface area contributed by atoms with Crippen LogP contribution in [0.15, 0.2) is 0 Å². The molecule has 5 nitrogen and oxygen atoms in total. The van der Waals surface area contributed by atoms with Crippen molar-refractivity contribution in [3.8, 4) is 0 Å². The first-order valence-corrected chi connectivity index (χ1v) is 6.17. The zero-order chi connectivity index (χ0) is 13.4. The molecule has 0 saturated heterocycles. The van der Waals surface area contributed by atoms with E-state index in [-0.39, 0.29) is 24.5 Å². The molecule has 2 atom stereocenters. The number of carbonyl (C=O) groups is 2. The monoisotopic (exact) mass is 244 g/mol. The van der Waals surface area contributed by atoms with Gasteiger partial charge < -0.3 is 15.3 Å². The van der Waals surface area contributed by atoms with Crippen LogP contribution in [0.5, 0.6) is 0 Å². The van der Waals surface area contributed by atoms with E-state index in [0.29, 0.717) is 6.42 Å². The lowest BCUT2D eigenvalue weighted by Gasteiger charge is -2.26. The van der Waals surface area contributed by atoms with Crippen LogP contribution in [-0.2, 0) is 4.79 Å². The van der Waals surface area contributed by atoms with E-state index in [0.717, 1.165) is 12.8 Å². The summed E-state index contributed by atoms with van der Waals surface area (Å²) in [5, 5.41) is 11.5. The average Bonchev–Trinajstić information content (AvgIpc) is 2.26. The van der Waals surface area contributed by atoms with E-state index in [4.69, 9.17) is 5.11 Å². The molecular weight excluding hydrogens is 220 g/mol. The normalized spacial score (nSPS) is 13.9. The zero-order valence-corrected chi connectivity index (χ0v) is 11.2. The number of aliphatic carboxylic acids is 1. The molecule has 0 aromatic rings. The molecule has 0 aromatic carbocycles. The molecule has 0 aliphatic carbocycles. The first-order chi connectivity index (χ1) is 7.92. The molecule has 0 fully saturated rings. The van der Waals surface area contributed by atoms with Crippen molar-refractivity contribution in [1.29, 1.82) is 0 Å². The summed E-state index contributed by atoms with van der Waals surface area (Å²) in [5.74, 6) is -0.880. The number of carboxylic acid groups (broad SMARTS) is 1. The van der Waals surface area contributed by atoms with Crippen LogP contribution in [0.3, 0.4) is 0 Å².